The van der Waals surface area contributed by atoms with E-state index in [-0.39, 0.29) is 10.9 Å². The first kappa shape index (κ1) is 14.6. The Hall–Kier alpha value is -1.83. The van der Waals surface area contributed by atoms with Crippen molar-refractivity contribution in [3.8, 4) is 0 Å². The fourth-order valence-electron chi connectivity index (χ4n) is 1.43. The second kappa shape index (κ2) is 5.66. The van der Waals surface area contributed by atoms with Crippen LogP contribution in [-0.4, -0.2) is 9.97 Å². The zero-order chi connectivity index (χ0) is 14.8. The first-order valence-electron chi connectivity index (χ1n) is 5.40. The van der Waals surface area contributed by atoms with Crippen LogP contribution in [0.15, 0.2) is 40.3 Å². The van der Waals surface area contributed by atoms with E-state index in [1.165, 1.54) is 18.2 Å². The standard InChI is InChI=1S/C12H8F4N2OS/c13-8-3-1-2-7(4-8)6-20-11-17-9(12(14,15)16)5-10(19)18-11/h1-5H,6H2,(H,17,18,19). The highest BCUT2D eigenvalue weighted by Crippen LogP contribution is 2.28. The van der Waals surface area contributed by atoms with Crippen LogP contribution in [0.5, 0.6) is 0 Å². The lowest BCUT2D eigenvalue weighted by atomic mass is 10.2. The Kier molecular flexibility index (Phi) is 4.12. The summed E-state index contributed by atoms with van der Waals surface area (Å²) in [7, 11) is 0. The van der Waals surface area contributed by atoms with E-state index in [0.717, 1.165) is 11.8 Å². The van der Waals surface area contributed by atoms with Crippen LogP contribution in [0.1, 0.15) is 11.3 Å². The van der Waals surface area contributed by atoms with Crippen molar-refractivity contribution in [2.24, 2.45) is 0 Å². The number of alkyl halides is 3. The third-order valence-corrected chi connectivity index (χ3v) is 3.22. The van der Waals surface area contributed by atoms with Crippen LogP contribution < -0.4 is 5.56 Å². The number of halogens is 4. The topological polar surface area (TPSA) is 45.8 Å². The van der Waals surface area contributed by atoms with E-state index in [1.807, 2.05) is 0 Å². The van der Waals surface area contributed by atoms with Gasteiger partial charge in [0, 0.05) is 11.8 Å². The number of thioether (sulfide) groups is 1. The van der Waals surface area contributed by atoms with Crippen molar-refractivity contribution in [3.63, 3.8) is 0 Å². The Bertz CT molecular complexity index is 669. The van der Waals surface area contributed by atoms with E-state index >= 15 is 0 Å². The summed E-state index contributed by atoms with van der Waals surface area (Å²) in [6, 6.07) is 6.04. The largest absolute Gasteiger partial charge is 0.433 e. The van der Waals surface area contributed by atoms with Crippen LogP contribution in [-0.2, 0) is 11.9 Å². The van der Waals surface area contributed by atoms with E-state index in [1.54, 1.807) is 6.07 Å². The summed E-state index contributed by atoms with van der Waals surface area (Å²) in [6.07, 6.45) is -4.68. The highest BCUT2D eigenvalue weighted by molar-refractivity contribution is 7.98. The molecule has 0 unspecified atom stereocenters. The zero-order valence-electron chi connectivity index (χ0n) is 9.87. The molecular weight excluding hydrogens is 296 g/mol. The maximum Gasteiger partial charge on any atom is 0.433 e. The lowest BCUT2D eigenvalue weighted by Crippen LogP contribution is -2.16. The number of H-pyrrole nitrogens is 1. The SMILES string of the molecule is O=c1cc(C(F)(F)F)nc(SCc2cccc(F)c2)[nH]1. The minimum absolute atomic E-state index is 0.158. The van der Waals surface area contributed by atoms with E-state index in [2.05, 4.69) is 9.97 Å². The third kappa shape index (κ3) is 3.83. The minimum Gasteiger partial charge on any atom is -0.301 e. The molecule has 2 rings (SSSR count). The summed E-state index contributed by atoms with van der Waals surface area (Å²) in [4.78, 5) is 16.7. The molecule has 20 heavy (non-hydrogen) atoms. The lowest BCUT2D eigenvalue weighted by molar-refractivity contribution is -0.141. The Labute approximate surface area is 115 Å². The molecule has 8 heteroatoms. The van der Waals surface area contributed by atoms with Gasteiger partial charge in [-0.15, -0.1) is 0 Å². The number of hydrogen-bond acceptors (Lipinski definition) is 3. The molecule has 0 saturated heterocycles. The Morgan fingerprint density at radius 3 is 2.65 bits per heavy atom. The molecule has 0 amide bonds. The van der Waals surface area contributed by atoms with Gasteiger partial charge in [0.25, 0.3) is 5.56 Å². The van der Waals surface area contributed by atoms with E-state index in [4.69, 9.17) is 0 Å². The van der Waals surface area contributed by atoms with Crippen LogP contribution in [0.3, 0.4) is 0 Å². The molecular formula is C12H8F4N2OS. The van der Waals surface area contributed by atoms with Gasteiger partial charge in [-0.2, -0.15) is 13.2 Å². The Balaban J connectivity index is 2.18. The van der Waals surface area contributed by atoms with Crippen LogP contribution in [0, 0.1) is 5.82 Å². The molecule has 1 aromatic carbocycles. The van der Waals surface area contributed by atoms with Gasteiger partial charge in [0.15, 0.2) is 10.9 Å². The second-order valence-corrected chi connectivity index (χ2v) is 4.82. The first-order valence-corrected chi connectivity index (χ1v) is 6.39. The quantitative estimate of drug-likeness (QED) is 0.538. The molecule has 0 aliphatic rings. The average molecular weight is 304 g/mol. The molecule has 1 aromatic heterocycles. The summed E-state index contributed by atoms with van der Waals surface area (Å²) < 4.78 is 50.4. The van der Waals surface area contributed by atoms with Gasteiger partial charge in [-0.05, 0) is 17.7 Å². The minimum atomic E-state index is -4.68. The van der Waals surface area contributed by atoms with Crippen LogP contribution >= 0.6 is 11.8 Å². The number of aromatic nitrogens is 2. The molecule has 1 N–H and O–H groups in total. The van der Waals surface area contributed by atoms with Gasteiger partial charge in [0.2, 0.25) is 0 Å². The first-order chi connectivity index (χ1) is 9.34. The van der Waals surface area contributed by atoms with Gasteiger partial charge in [0.1, 0.15) is 5.82 Å². The molecule has 0 aliphatic carbocycles. The van der Waals surface area contributed by atoms with Crippen molar-refractivity contribution in [2.45, 2.75) is 17.1 Å². The molecule has 106 valence electrons. The smallest absolute Gasteiger partial charge is 0.301 e. The monoisotopic (exact) mass is 304 g/mol. The van der Waals surface area contributed by atoms with Crippen molar-refractivity contribution in [1.82, 2.24) is 9.97 Å². The van der Waals surface area contributed by atoms with Gasteiger partial charge >= 0.3 is 6.18 Å². The number of benzene rings is 1. The maximum absolute atomic E-state index is 12.9. The van der Waals surface area contributed by atoms with E-state index in [0.29, 0.717) is 11.6 Å². The Morgan fingerprint density at radius 2 is 2.00 bits per heavy atom. The van der Waals surface area contributed by atoms with Crippen LogP contribution in [0.4, 0.5) is 17.6 Å². The molecule has 0 spiro atoms. The number of hydrogen-bond donors (Lipinski definition) is 1. The van der Waals surface area contributed by atoms with E-state index in [9.17, 15) is 22.4 Å². The number of nitrogens with zero attached hydrogens (tertiary/aromatic N) is 1. The highest BCUT2D eigenvalue weighted by atomic mass is 32.2. The third-order valence-electron chi connectivity index (χ3n) is 2.27. The molecule has 0 bridgehead atoms. The lowest BCUT2D eigenvalue weighted by Gasteiger charge is -2.07. The van der Waals surface area contributed by atoms with Gasteiger partial charge in [-0.1, -0.05) is 23.9 Å². The maximum atomic E-state index is 12.9. The molecule has 0 radical (unpaired) electrons. The number of rotatable bonds is 3. The molecule has 0 aliphatic heterocycles. The van der Waals surface area contributed by atoms with Crippen LogP contribution in [0.2, 0.25) is 0 Å². The normalized spacial score (nSPS) is 11.6. The van der Waals surface area contributed by atoms with Gasteiger partial charge < -0.3 is 4.98 Å². The number of nitrogens with one attached hydrogen (secondary N) is 1. The van der Waals surface area contributed by atoms with Crippen LogP contribution in [0.25, 0.3) is 0 Å². The van der Waals surface area contributed by atoms with Crippen molar-refractivity contribution in [2.75, 3.05) is 0 Å². The predicted molar refractivity (Wildman–Crippen MR) is 65.8 cm³/mol. The molecule has 0 saturated carbocycles. The summed E-state index contributed by atoms with van der Waals surface area (Å²) in [5.41, 5.74) is -1.55. The Morgan fingerprint density at radius 1 is 1.25 bits per heavy atom. The molecule has 1 heterocycles. The predicted octanol–water partition coefficient (Wildman–Crippen LogP) is 3.22. The summed E-state index contributed by atoms with van der Waals surface area (Å²) in [5.74, 6) is -0.240. The molecule has 0 atom stereocenters. The fraction of sp³-hybridized carbons (Fsp3) is 0.167. The van der Waals surface area contributed by atoms with Gasteiger partial charge in [-0.25, -0.2) is 9.37 Å². The summed E-state index contributed by atoms with van der Waals surface area (Å²) >= 11 is 0.893. The molecule has 3 nitrogen and oxygen atoms in total. The highest BCUT2D eigenvalue weighted by Gasteiger charge is 2.33. The van der Waals surface area contributed by atoms with Crippen molar-refractivity contribution < 1.29 is 17.6 Å². The summed E-state index contributed by atoms with van der Waals surface area (Å²) in [6.45, 7) is 0. The second-order valence-electron chi connectivity index (χ2n) is 3.85. The van der Waals surface area contributed by atoms with Crippen molar-refractivity contribution in [3.05, 3.63) is 57.8 Å². The van der Waals surface area contributed by atoms with Gasteiger partial charge in [0.05, 0.1) is 0 Å². The molecule has 0 fully saturated rings. The summed E-state index contributed by atoms with van der Waals surface area (Å²) in [5, 5.41) is -0.158. The van der Waals surface area contributed by atoms with Crippen molar-refractivity contribution >= 4 is 11.8 Å². The number of aromatic amines is 1. The van der Waals surface area contributed by atoms with Gasteiger partial charge in [-0.3, -0.25) is 4.79 Å². The van der Waals surface area contributed by atoms with E-state index < -0.39 is 23.2 Å². The fourth-order valence-corrected chi connectivity index (χ4v) is 2.25. The average Bonchev–Trinajstić information content (AvgIpc) is 2.35. The zero-order valence-corrected chi connectivity index (χ0v) is 10.7. The van der Waals surface area contributed by atoms with Crippen molar-refractivity contribution in [1.29, 1.82) is 0 Å². The molecule has 2 aromatic rings.